The van der Waals surface area contributed by atoms with E-state index in [0.29, 0.717) is 0 Å². The molecule has 4 heteroatoms. The molecule has 0 heterocycles. The minimum Gasteiger partial charge on any atom is -0.351 e. The Labute approximate surface area is 111 Å². The van der Waals surface area contributed by atoms with Gasteiger partial charge in [-0.2, -0.15) is 0 Å². The first-order chi connectivity index (χ1) is 7.85. The molecule has 0 aliphatic carbocycles. The van der Waals surface area contributed by atoms with E-state index in [1.807, 2.05) is 0 Å². The van der Waals surface area contributed by atoms with Gasteiger partial charge in [-0.25, -0.2) is 0 Å². The van der Waals surface area contributed by atoms with Crippen molar-refractivity contribution in [1.29, 1.82) is 0 Å². The lowest BCUT2D eigenvalue weighted by Gasteiger charge is -2.44. The molecule has 106 valence electrons. The molecule has 0 rings (SSSR count). The van der Waals surface area contributed by atoms with E-state index in [-0.39, 0.29) is 34.7 Å². The molecule has 0 aliphatic rings. The molecule has 0 radical (unpaired) electrons. The van der Waals surface area contributed by atoms with Crippen molar-refractivity contribution in [2.24, 2.45) is 10.8 Å². The van der Waals surface area contributed by atoms with Gasteiger partial charge in [0.25, 0.3) is 0 Å². The lowest BCUT2D eigenvalue weighted by Crippen LogP contribution is -2.61. The third-order valence-corrected chi connectivity index (χ3v) is 2.92. The normalized spacial score (nSPS) is 15.8. The number of amides is 2. The minimum absolute atomic E-state index is 0.0745. The van der Waals surface area contributed by atoms with Gasteiger partial charge in [-0.3, -0.25) is 9.59 Å². The van der Waals surface area contributed by atoms with E-state index in [1.54, 1.807) is 0 Å². The van der Waals surface area contributed by atoms with Crippen molar-refractivity contribution in [3.63, 3.8) is 0 Å². The minimum atomic E-state index is -0.133. The van der Waals surface area contributed by atoms with Crippen molar-refractivity contribution in [1.82, 2.24) is 10.6 Å². The molecule has 0 saturated heterocycles. The summed E-state index contributed by atoms with van der Waals surface area (Å²) in [7, 11) is 0. The Balaban J connectivity index is 5.34. The summed E-state index contributed by atoms with van der Waals surface area (Å²) in [5, 5.41) is 5.96. The van der Waals surface area contributed by atoms with Crippen molar-refractivity contribution in [2.45, 2.75) is 67.5 Å². The molecular formula is C14H28N2O2. The summed E-state index contributed by atoms with van der Waals surface area (Å²) in [5.41, 5.74) is -0.266. The highest BCUT2D eigenvalue weighted by molar-refractivity contribution is 5.75. The number of carbonyl (C=O) groups excluding carboxylic acids is 2. The predicted molar refractivity (Wildman–Crippen MR) is 74.1 cm³/mol. The second-order valence-corrected chi connectivity index (χ2v) is 7.09. The molecule has 2 amide bonds. The zero-order valence-corrected chi connectivity index (χ0v) is 13.0. The fraction of sp³-hybridized carbons (Fsp3) is 0.857. The van der Waals surface area contributed by atoms with Crippen molar-refractivity contribution < 1.29 is 9.59 Å². The van der Waals surface area contributed by atoms with Gasteiger partial charge in [-0.1, -0.05) is 41.5 Å². The van der Waals surface area contributed by atoms with Crippen LogP contribution < -0.4 is 10.6 Å². The van der Waals surface area contributed by atoms with Gasteiger partial charge in [0, 0.05) is 13.8 Å². The summed E-state index contributed by atoms with van der Waals surface area (Å²) in [6.45, 7) is 15.4. The third-order valence-electron chi connectivity index (χ3n) is 2.92. The Hall–Kier alpha value is -1.06. The second-order valence-electron chi connectivity index (χ2n) is 7.09. The molecule has 0 saturated carbocycles. The molecule has 0 aromatic rings. The highest BCUT2D eigenvalue weighted by Gasteiger charge is 2.39. The number of nitrogens with one attached hydrogen (secondary N) is 2. The summed E-state index contributed by atoms with van der Waals surface area (Å²) in [6, 6.07) is -0.224. The molecular weight excluding hydrogens is 228 g/mol. The van der Waals surface area contributed by atoms with Crippen LogP contribution in [0.5, 0.6) is 0 Å². The fourth-order valence-corrected chi connectivity index (χ4v) is 2.04. The predicted octanol–water partition coefficient (Wildman–Crippen LogP) is 2.09. The molecule has 0 spiro atoms. The van der Waals surface area contributed by atoms with Crippen LogP contribution in [0.1, 0.15) is 55.4 Å². The van der Waals surface area contributed by atoms with E-state index in [1.165, 1.54) is 13.8 Å². The van der Waals surface area contributed by atoms with Gasteiger partial charge in [-0.05, 0) is 10.8 Å². The fourth-order valence-electron chi connectivity index (χ4n) is 2.04. The Morgan fingerprint density at radius 3 is 1.06 bits per heavy atom. The molecule has 0 fully saturated rings. The maximum Gasteiger partial charge on any atom is 0.217 e. The molecule has 0 aliphatic heterocycles. The lowest BCUT2D eigenvalue weighted by molar-refractivity contribution is -0.124. The Morgan fingerprint density at radius 2 is 0.944 bits per heavy atom. The van der Waals surface area contributed by atoms with Crippen molar-refractivity contribution >= 4 is 11.8 Å². The summed E-state index contributed by atoms with van der Waals surface area (Å²) in [6.07, 6.45) is 0. The highest BCUT2D eigenvalue weighted by Crippen LogP contribution is 2.31. The zero-order chi connectivity index (χ0) is 14.7. The van der Waals surface area contributed by atoms with Crippen LogP contribution in [0.15, 0.2) is 0 Å². The third kappa shape index (κ3) is 5.52. The molecule has 2 unspecified atom stereocenters. The summed E-state index contributed by atoms with van der Waals surface area (Å²) >= 11 is 0. The van der Waals surface area contributed by atoms with Crippen molar-refractivity contribution in [3.8, 4) is 0 Å². The highest BCUT2D eigenvalue weighted by atomic mass is 16.2. The summed E-state index contributed by atoms with van der Waals surface area (Å²) < 4.78 is 0. The van der Waals surface area contributed by atoms with E-state index in [2.05, 4.69) is 52.2 Å². The van der Waals surface area contributed by atoms with Gasteiger partial charge >= 0.3 is 0 Å². The number of carbonyl (C=O) groups is 2. The van der Waals surface area contributed by atoms with E-state index < -0.39 is 0 Å². The van der Waals surface area contributed by atoms with Gasteiger partial charge in [-0.15, -0.1) is 0 Å². The average molecular weight is 256 g/mol. The van der Waals surface area contributed by atoms with Crippen molar-refractivity contribution in [3.05, 3.63) is 0 Å². The van der Waals surface area contributed by atoms with Crippen LogP contribution in [-0.4, -0.2) is 23.9 Å². The first kappa shape index (κ1) is 16.9. The topological polar surface area (TPSA) is 58.2 Å². The van der Waals surface area contributed by atoms with Gasteiger partial charge < -0.3 is 10.6 Å². The maximum absolute atomic E-state index is 11.4. The largest absolute Gasteiger partial charge is 0.351 e. The molecule has 0 bridgehead atoms. The van der Waals surface area contributed by atoms with Crippen LogP contribution >= 0.6 is 0 Å². The molecule has 4 nitrogen and oxygen atoms in total. The SMILES string of the molecule is CC(=O)NC(C(NC(C)=O)C(C)(C)C)C(C)(C)C. The number of hydrogen-bond acceptors (Lipinski definition) is 2. The quantitative estimate of drug-likeness (QED) is 0.812. The summed E-state index contributed by atoms with van der Waals surface area (Å²) in [5.74, 6) is -0.149. The zero-order valence-electron chi connectivity index (χ0n) is 13.0. The molecule has 2 atom stereocenters. The average Bonchev–Trinajstić information content (AvgIpc) is 2.06. The van der Waals surface area contributed by atoms with Gasteiger partial charge in [0.1, 0.15) is 0 Å². The molecule has 18 heavy (non-hydrogen) atoms. The van der Waals surface area contributed by atoms with Crippen LogP contribution in [0.25, 0.3) is 0 Å². The Bertz CT molecular complexity index is 279. The summed E-state index contributed by atoms with van der Waals surface area (Å²) in [4.78, 5) is 22.8. The lowest BCUT2D eigenvalue weighted by atomic mass is 9.72. The van der Waals surface area contributed by atoms with E-state index >= 15 is 0 Å². The van der Waals surface area contributed by atoms with Crippen LogP contribution in [0.2, 0.25) is 0 Å². The molecule has 0 aromatic carbocycles. The van der Waals surface area contributed by atoms with Gasteiger partial charge in [0.05, 0.1) is 12.1 Å². The van der Waals surface area contributed by atoms with Gasteiger partial charge in [0.15, 0.2) is 0 Å². The van der Waals surface area contributed by atoms with Crippen LogP contribution in [0.3, 0.4) is 0 Å². The molecule has 0 aromatic heterocycles. The van der Waals surface area contributed by atoms with Crippen molar-refractivity contribution in [2.75, 3.05) is 0 Å². The molecule has 2 N–H and O–H groups in total. The van der Waals surface area contributed by atoms with Crippen LogP contribution in [-0.2, 0) is 9.59 Å². The smallest absolute Gasteiger partial charge is 0.217 e. The first-order valence-electron chi connectivity index (χ1n) is 6.40. The van der Waals surface area contributed by atoms with E-state index in [4.69, 9.17) is 0 Å². The Kier molecular flexibility index (Phi) is 5.38. The maximum atomic E-state index is 11.4. The number of hydrogen-bond donors (Lipinski definition) is 2. The Morgan fingerprint density at radius 1 is 0.722 bits per heavy atom. The van der Waals surface area contributed by atoms with Crippen LogP contribution in [0.4, 0.5) is 0 Å². The van der Waals surface area contributed by atoms with E-state index in [0.717, 1.165) is 0 Å². The van der Waals surface area contributed by atoms with Crippen LogP contribution in [0, 0.1) is 10.8 Å². The van der Waals surface area contributed by atoms with Gasteiger partial charge in [0.2, 0.25) is 11.8 Å². The van der Waals surface area contributed by atoms with E-state index in [9.17, 15) is 9.59 Å². The first-order valence-corrected chi connectivity index (χ1v) is 6.40. The monoisotopic (exact) mass is 256 g/mol. The second kappa shape index (κ2) is 5.72. The number of rotatable bonds is 3. The standard InChI is InChI=1S/C14H28N2O2/c1-9(17)15-11(13(3,4)5)12(14(6,7)8)16-10(2)18/h11-12H,1-8H3,(H,15,17)(H,16,18).